The van der Waals surface area contributed by atoms with Crippen LogP contribution in [0.2, 0.25) is 0 Å². The largest absolute Gasteiger partial charge is 0.371 e. The van der Waals surface area contributed by atoms with Crippen LogP contribution in [0.1, 0.15) is 12.8 Å². The van der Waals surface area contributed by atoms with Crippen LogP contribution in [-0.4, -0.2) is 28.0 Å². The fourth-order valence-corrected chi connectivity index (χ4v) is 2.05. The van der Waals surface area contributed by atoms with E-state index in [1.807, 2.05) is 12.4 Å². The van der Waals surface area contributed by atoms with Gasteiger partial charge in [-0.1, -0.05) is 0 Å². The molecule has 2 aromatic rings. The third-order valence-corrected chi connectivity index (χ3v) is 3.11. The third-order valence-electron chi connectivity index (χ3n) is 3.11. The first-order chi connectivity index (χ1) is 10.2. The summed E-state index contributed by atoms with van der Waals surface area (Å²) >= 11 is 0. The average molecular weight is 288 g/mol. The predicted molar refractivity (Wildman–Crippen MR) is 79.4 cm³/mol. The van der Waals surface area contributed by atoms with Gasteiger partial charge in [-0.25, -0.2) is 0 Å². The summed E-state index contributed by atoms with van der Waals surface area (Å²) in [5.74, 6) is 0. The van der Waals surface area contributed by atoms with Crippen molar-refractivity contribution in [1.82, 2.24) is 9.97 Å². The van der Waals surface area contributed by atoms with Crippen molar-refractivity contribution >= 4 is 11.4 Å². The van der Waals surface area contributed by atoms with Gasteiger partial charge in [0.1, 0.15) is 0 Å². The normalized spacial score (nSPS) is 13.4. The summed E-state index contributed by atoms with van der Waals surface area (Å²) in [5.41, 5.74) is 0.864. The first-order valence-corrected chi connectivity index (χ1v) is 6.65. The van der Waals surface area contributed by atoms with E-state index in [1.165, 1.54) is 31.6 Å². The Labute approximate surface area is 121 Å². The number of hydrogen-bond donors (Lipinski definition) is 1. The monoisotopic (exact) mass is 288 g/mol. The fraction of sp³-hybridized carbons (Fsp3) is 0.286. The first-order valence-electron chi connectivity index (χ1n) is 6.65. The molecule has 2 aromatic heterocycles. The lowest BCUT2D eigenvalue weighted by Gasteiger charge is -2.16. The highest BCUT2D eigenvalue weighted by Gasteiger charge is 2.10. The maximum atomic E-state index is 10.4. The van der Waals surface area contributed by atoms with Crippen molar-refractivity contribution in [2.45, 2.75) is 12.8 Å². The molecule has 0 aliphatic carbocycles. The van der Waals surface area contributed by atoms with Crippen LogP contribution in [0.15, 0.2) is 47.7 Å². The summed E-state index contributed by atoms with van der Waals surface area (Å²) in [6, 6.07) is 6.41. The molecule has 7 heteroatoms. The summed E-state index contributed by atoms with van der Waals surface area (Å²) < 4.78 is 0. The number of H-pyrrole nitrogens is 1. The van der Waals surface area contributed by atoms with Crippen LogP contribution < -0.4 is 10.5 Å². The minimum Gasteiger partial charge on any atom is -0.371 e. The molecule has 1 aliphatic heterocycles. The highest BCUT2D eigenvalue weighted by molar-refractivity contribution is 5.45. The van der Waals surface area contributed by atoms with Crippen LogP contribution >= 0.6 is 0 Å². The van der Waals surface area contributed by atoms with Crippen LogP contribution in [-0.2, 0) is 0 Å². The van der Waals surface area contributed by atoms with Gasteiger partial charge < -0.3 is 9.88 Å². The van der Waals surface area contributed by atoms with Crippen molar-refractivity contribution in [3.8, 4) is 0 Å². The number of anilines is 1. The Bertz CT molecular complexity index is 616. The Balaban J connectivity index is 0.000000155. The topological polar surface area (TPSA) is 92.1 Å². The molecule has 0 bridgehead atoms. The molecule has 21 heavy (non-hydrogen) atoms. The van der Waals surface area contributed by atoms with E-state index < -0.39 is 4.92 Å². The van der Waals surface area contributed by atoms with E-state index in [0.29, 0.717) is 0 Å². The van der Waals surface area contributed by atoms with E-state index >= 15 is 0 Å². The Morgan fingerprint density at radius 2 is 1.81 bits per heavy atom. The maximum Gasteiger partial charge on any atom is 0.285 e. The molecular weight excluding hydrogens is 272 g/mol. The van der Waals surface area contributed by atoms with E-state index in [2.05, 4.69) is 27.0 Å². The van der Waals surface area contributed by atoms with E-state index in [4.69, 9.17) is 0 Å². The number of rotatable bonds is 2. The molecule has 3 rings (SSSR count). The number of nitro groups is 1. The van der Waals surface area contributed by atoms with Crippen molar-refractivity contribution in [2.75, 3.05) is 18.0 Å². The highest BCUT2D eigenvalue weighted by Crippen LogP contribution is 2.17. The molecule has 0 unspecified atom stereocenters. The van der Waals surface area contributed by atoms with E-state index in [9.17, 15) is 14.9 Å². The van der Waals surface area contributed by atoms with Crippen LogP contribution in [0, 0.1) is 10.1 Å². The lowest BCUT2D eigenvalue weighted by atomic mass is 10.4. The van der Waals surface area contributed by atoms with Crippen molar-refractivity contribution < 1.29 is 4.92 Å². The standard InChI is InChI=1S/C9H12N2.C5H4N2O3/c1-2-8-11(7-1)9-3-5-10-6-4-9;8-5-2-1-4(3-6-5)7(9)10/h3-6H,1-2,7-8H2;1-3H,(H,6,8). The van der Waals surface area contributed by atoms with Gasteiger partial charge in [0.25, 0.3) is 5.69 Å². The molecule has 7 nitrogen and oxygen atoms in total. The lowest BCUT2D eigenvalue weighted by Crippen LogP contribution is -2.17. The third kappa shape index (κ3) is 4.41. The van der Waals surface area contributed by atoms with Crippen LogP contribution in [0.5, 0.6) is 0 Å². The smallest absolute Gasteiger partial charge is 0.285 e. The maximum absolute atomic E-state index is 10.4. The van der Waals surface area contributed by atoms with E-state index in [-0.39, 0.29) is 11.2 Å². The molecule has 0 spiro atoms. The summed E-state index contributed by atoms with van der Waals surface area (Å²) in [5, 5.41) is 10.00. The van der Waals surface area contributed by atoms with Crippen LogP contribution in [0.4, 0.5) is 11.4 Å². The molecule has 0 aromatic carbocycles. The van der Waals surface area contributed by atoms with Crippen LogP contribution in [0.25, 0.3) is 0 Å². The van der Waals surface area contributed by atoms with Gasteiger partial charge in [-0.3, -0.25) is 19.9 Å². The second kappa shape index (κ2) is 7.18. The SMILES string of the molecule is O=c1ccc([N+](=O)[O-])c[nH]1.c1cc(N2CCCC2)ccn1. The summed E-state index contributed by atoms with van der Waals surface area (Å²) in [6.45, 7) is 2.42. The van der Waals surface area contributed by atoms with Gasteiger partial charge in [-0.05, 0) is 25.0 Å². The van der Waals surface area contributed by atoms with Gasteiger partial charge in [0.05, 0.1) is 11.1 Å². The minimum absolute atomic E-state index is 0.111. The number of pyridine rings is 2. The first kappa shape index (κ1) is 14.7. The zero-order valence-electron chi connectivity index (χ0n) is 11.4. The lowest BCUT2D eigenvalue weighted by molar-refractivity contribution is -0.385. The molecule has 1 fully saturated rings. The molecule has 110 valence electrons. The fourth-order valence-electron chi connectivity index (χ4n) is 2.05. The van der Waals surface area contributed by atoms with Gasteiger partial charge in [-0.2, -0.15) is 0 Å². The molecule has 1 aliphatic rings. The number of aromatic amines is 1. The number of nitrogens with zero attached hydrogens (tertiary/aromatic N) is 3. The van der Waals surface area contributed by atoms with Crippen LogP contribution in [0.3, 0.4) is 0 Å². The molecular formula is C14H16N4O3. The molecule has 0 saturated carbocycles. The van der Waals surface area contributed by atoms with Gasteiger partial charge >= 0.3 is 0 Å². The summed E-state index contributed by atoms with van der Waals surface area (Å²) in [7, 11) is 0. The molecule has 0 amide bonds. The van der Waals surface area contributed by atoms with E-state index in [1.54, 1.807) is 0 Å². The van der Waals surface area contributed by atoms with Gasteiger partial charge in [0.2, 0.25) is 5.56 Å². The molecule has 1 N–H and O–H groups in total. The molecule has 0 radical (unpaired) electrons. The Hall–Kier alpha value is -2.70. The minimum atomic E-state index is -0.573. The van der Waals surface area contributed by atoms with E-state index in [0.717, 1.165) is 18.3 Å². The predicted octanol–water partition coefficient (Wildman–Crippen LogP) is 1.96. The second-order valence-electron chi connectivity index (χ2n) is 4.57. The Morgan fingerprint density at radius 1 is 1.14 bits per heavy atom. The quantitative estimate of drug-likeness (QED) is 0.673. The van der Waals surface area contributed by atoms with Crippen molar-refractivity contribution in [1.29, 1.82) is 0 Å². The number of hydrogen-bond acceptors (Lipinski definition) is 5. The van der Waals surface area contributed by atoms with Crippen molar-refractivity contribution in [2.24, 2.45) is 0 Å². The average Bonchev–Trinajstić information content (AvgIpc) is 3.03. The highest BCUT2D eigenvalue weighted by atomic mass is 16.6. The van der Waals surface area contributed by atoms with Crippen molar-refractivity contribution in [3.05, 3.63) is 63.3 Å². The van der Waals surface area contributed by atoms with Gasteiger partial charge in [-0.15, -0.1) is 0 Å². The molecule has 3 heterocycles. The summed E-state index contributed by atoms with van der Waals surface area (Å²) in [6.07, 6.45) is 7.44. The Kier molecular flexibility index (Phi) is 5.03. The van der Waals surface area contributed by atoms with Crippen molar-refractivity contribution in [3.63, 3.8) is 0 Å². The Morgan fingerprint density at radius 3 is 2.33 bits per heavy atom. The zero-order chi connectivity index (χ0) is 15.1. The second-order valence-corrected chi connectivity index (χ2v) is 4.57. The van der Waals surface area contributed by atoms with Gasteiger partial charge in [0, 0.05) is 43.3 Å². The zero-order valence-corrected chi connectivity index (χ0v) is 11.4. The van der Waals surface area contributed by atoms with Gasteiger partial charge in [0.15, 0.2) is 0 Å². The molecule has 0 atom stereocenters. The number of nitrogens with one attached hydrogen (secondary N) is 1. The summed E-state index contributed by atoms with van der Waals surface area (Å²) in [4.78, 5) is 28.4. The molecule has 1 saturated heterocycles. The number of aromatic nitrogens is 2.